The highest BCUT2D eigenvalue weighted by atomic mass is 16.3. The molecule has 0 aliphatic heterocycles. The fraction of sp³-hybridized carbons (Fsp3) is 0.125. The fourth-order valence-corrected chi connectivity index (χ4v) is 2.27. The Morgan fingerprint density at radius 1 is 1.11 bits per heavy atom. The number of hydrogen-bond acceptors (Lipinski definition) is 3. The summed E-state index contributed by atoms with van der Waals surface area (Å²) in [5.41, 5.74) is 3.02. The molecule has 3 aromatic rings. The molecule has 0 unspecified atom stereocenters. The van der Waals surface area contributed by atoms with Crippen LogP contribution >= 0.6 is 0 Å². The Morgan fingerprint density at radius 2 is 1.95 bits per heavy atom. The predicted molar refractivity (Wildman–Crippen MR) is 75.2 cm³/mol. The van der Waals surface area contributed by atoms with Crippen LogP contribution in [0.3, 0.4) is 0 Å². The number of hydrogen-bond donors (Lipinski definition) is 0. The number of nitrogens with zero attached hydrogens (tertiary/aromatic N) is 1. The monoisotopic (exact) mass is 251 g/mol. The van der Waals surface area contributed by atoms with Crippen LogP contribution in [0.1, 0.15) is 11.1 Å². The van der Waals surface area contributed by atoms with E-state index in [4.69, 9.17) is 4.42 Å². The van der Waals surface area contributed by atoms with Crippen LogP contribution in [0.5, 0.6) is 0 Å². The maximum Gasteiger partial charge on any atom is 0.196 e. The summed E-state index contributed by atoms with van der Waals surface area (Å²) >= 11 is 0. The minimum atomic E-state index is 0.0261. The molecule has 0 saturated heterocycles. The van der Waals surface area contributed by atoms with Crippen LogP contribution in [-0.4, -0.2) is 4.98 Å². The minimum Gasteiger partial charge on any atom is -0.455 e. The van der Waals surface area contributed by atoms with Gasteiger partial charge >= 0.3 is 0 Å². The van der Waals surface area contributed by atoms with Crippen molar-refractivity contribution in [1.82, 2.24) is 4.98 Å². The van der Waals surface area contributed by atoms with E-state index in [1.165, 1.54) is 0 Å². The summed E-state index contributed by atoms with van der Waals surface area (Å²) in [5, 5.41) is 0.660. The molecule has 0 bridgehead atoms. The average Bonchev–Trinajstić information content (AvgIpc) is 2.43. The number of fused-ring (bicyclic) bond motifs is 1. The van der Waals surface area contributed by atoms with E-state index in [2.05, 4.69) is 4.98 Å². The van der Waals surface area contributed by atoms with Gasteiger partial charge in [0.15, 0.2) is 5.43 Å². The first-order valence-electron chi connectivity index (χ1n) is 6.12. The zero-order valence-corrected chi connectivity index (χ0v) is 10.8. The molecule has 1 aromatic carbocycles. The SMILES string of the molecule is Cc1c(-c2cccnc2)oc2cccc(C)c2c1=O. The Bertz CT molecular complexity index is 804. The van der Waals surface area contributed by atoms with Gasteiger partial charge in [0.05, 0.1) is 5.39 Å². The largest absolute Gasteiger partial charge is 0.455 e. The van der Waals surface area contributed by atoms with Gasteiger partial charge in [-0.25, -0.2) is 0 Å². The molecule has 3 rings (SSSR count). The van der Waals surface area contributed by atoms with Crippen molar-refractivity contribution in [2.45, 2.75) is 13.8 Å². The normalized spacial score (nSPS) is 10.8. The third-order valence-electron chi connectivity index (χ3n) is 3.28. The quantitative estimate of drug-likeness (QED) is 0.665. The molecular weight excluding hydrogens is 238 g/mol. The molecule has 0 N–H and O–H groups in total. The highest BCUT2D eigenvalue weighted by Gasteiger charge is 2.13. The molecule has 0 atom stereocenters. The summed E-state index contributed by atoms with van der Waals surface area (Å²) in [6.45, 7) is 3.71. The molecule has 0 aliphatic rings. The van der Waals surface area contributed by atoms with Crippen molar-refractivity contribution < 1.29 is 4.42 Å². The molecule has 3 nitrogen and oxygen atoms in total. The van der Waals surface area contributed by atoms with Crippen LogP contribution < -0.4 is 5.43 Å². The van der Waals surface area contributed by atoms with E-state index >= 15 is 0 Å². The molecule has 0 radical (unpaired) electrons. The Morgan fingerprint density at radius 3 is 2.68 bits per heavy atom. The van der Waals surface area contributed by atoms with Crippen molar-refractivity contribution in [3.8, 4) is 11.3 Å². The van der Waals surface area contributed by atoms with Gasteiger partial charge < -0.3 is 4.42 Å². The number of benzene rings is 1. The zero-order valence-electron chi connectivity index (χ0n) is 10.8. The second-order valence-electron chi connectivity index (χ2n) is 4.58. The van der Waals surface area contributed by atoms with Crippen molar-refractivity contribution in [2.24, 2.45) is 0 Å². The highest BCUT2D eigenvalue weighted by Crippen LogP contribution is 2.25. The lowest BCUT2D eigenvalue weighted by Gasteiger charge is -2.07. The molecule has 0 aliphatic carbocycles. The zero-order chi connectivity index (χ0) is 13.4. The maximum atomic E-state index is 12.5. The number of aryl methyl sites for hydroxylation is 1. The Hall–Kier alpha value is -2.42. The van der Waals surface area contributed by atoms with Crippen LogP contribution in [0.15, 0.2) is 51.9 Å². The molecule has 2 heterocycles. The number of pyridine rings is 1. The van der Waals surface area contributed by atoms with E-state index in [0.717, 1.165) is 11.1 Å². The number of aromatic nitrogens is 1. The second kappa shape index (κ2) is 4.35. The van der Waals surface area contributed by atoms with Crippen molar-refractivity contribution in [2.75, 3.05) is 0 Å². The first-order chi connectivity index (χ1) is 9.18. The molecular formula is C16H13NO2. The first-order valence-corrected chi connectivity index (χ1v) is 6.12. The van der Waals surface area contributed by atoms with E-state index in [-0.39, 0.29) is 5.43 Å². The Kier molecular flexibility index (Phi) is 2.67. The maximum absolute atomic E-state index is 12.5. The standard InChI is InChI=1S/C16H13NO2/c1-10-5-3-7-13-14(10)15(18)11(2)16(19-13)12-6-4-8-17-9-12/h3-9H,1-2H3. The van der Waals surface area contributed by atoms with Crippen molar-refractivity contribution in [3.63, 3.8) is 0 Å². The lowest BCUT2D eigenvalue weighted by molar-refractivity contribution is 0.613. The van der Waals surface area contributed by atoms with E-state index in [0.29, 0.717) is 22.3 Å². The molecule has 0 amide bonds. The molecule has 0 fully saturated rings. The summed E-state index contributed by atoms with van der Waals surface area (Å²) < 4.78 is 5.90. The van der Waals surface area contributed by atoms with Gasteiger partial charge in [0.2, 0.25) is 0 Å². The van der Waals surface area contributed by atoms with E-state index < -0.39 is 0 Å². The summed E-state index contributed by atoms with van der Waals surface area (Å²) in [4.78, 5) is 16.5. The van der Waals surface area contributed by atoms with Gasteiger partial charge in [-0.2, -0.15) is 0 Å². The highest BCUT2D eigenvalue weighted by molar-refractivity contribution is 5.83. The van der Waals surface area contributed by atoms with Gasteiger partial charge in [-0.1, -0.05) is 12.1 Å². The molecule has 0 saturated carbocycles. The van der Waals surface area contributed by atoms with Crippen LogP contribution in [0.4, 0.5) is 0 Å². The van der Waals surface area contributed by atoms with Gasteiger partial charge in [0.1, 0.15) is 11.3 Å². The molecule has 3 heteroatoms. The molecule has 2 aromatic heterocycles. The van der Waals surface area contributed by atoms with Gasteiger partial charge in [-0.05, 0) is 37.6 Å². The Balaban J connectivity index is 2.41. The van der Waals surface area contributed by atoms with Crippen molar-refractivity contribution >= 4 is 11.0 Å². The van der Waals surface area contributed by atoms with Gasteiger partial charge in [0, 0.05) is 23.5 Å². The first kappa shape index (κ1) is 11.7. The van der Waals surface area contributed by atoms with Crippen LogP contribution in [-0.2, 0) is 0 Å². The lowest BCUT2D eigenvalue weighted by Crippen LogP contribution is -2.08. The van der Waals surface area contributed by atoms with Gasteiger partial charge in [-0.3, -0.25) is 9.78 Å². The third-order valence-corrected chi connectivity index (χ3v) is 3.28. The fourth-order valence-electron chi connectivity index (χ4n) is 2.27. The summed E-state index contributed by atoms with van der Waals surface area (Å²) in [7, 11) is 0. The minimum absolute atomic E-state index is 0.0261. The smallest absolute Gasteiger partial charge is 0.196 e. The third kappa shape index (κ3) is 1.83. The van der Waals surface area contributed by atoms with Gasteiger partial charge in [0.25, 0.3) is 0 Å². The second-order valence-corrected chi connectivity index (χ2v) is 4.58. The van der Waals surface area contributed by atoms with Crippen LogP contribution in [0.2, 0.25) is 0 Å². The van der Waals surface area contributed by atoms with Crippen molar-refractivity contribution in [1.29, 1.82) is 0 Å². The summed E-state index contributed by atoms with van der Waals surface area (Å²) in [6, 6.07) is 9.35. The topological polar surface area (TPSA) is 43.1 Å². The number of rotatable bonds is 1. The van der Waals surface area contributed by atoms with E-state index in [1.54, 1.807) is 19.3 Å². The summed E-state index contributed by atoms with van der Waals surface area (Å²) in [6.07, 6.45) is 3.40. The molecule has 0 spiro atoms. The van der Waals surface area contributed by atoms with Gasteiger partial charge in [-0.15, -0.1) is 0 Å². The summed E-state index contributed by atoms with van der Waals surface area (Å²) in [5.74, 6) is 0.594. The molecule has 94 valence electrons. The van der Waals surface area contributed by atoms with E-state index in [9.17, 15) is 4.79 Å². The van der Waals surface area contributed by atoms with Crippen LogP contribution in [0, 0.1) is 13.8 Å². The lowest BCUT2D eigenvalue weighted by atomic mass is 10.0. The molecule has 19 heavy (non-hydrogen) atoms. The predicted octanol–water partition coefficient (Wildman–Crippen LogP) is 3.47. The van der Waals surface area contributed by atoms with Crippen molar-refractivity contribution in [3.05, 3.63) is 64.1 Å². The Labute approximate surface area is 110 Å². The van der Waals surface area contributed by atoms with E-state index in [1.807, 2.05) is 37.3 Å². The van der Waals surface area contributed by atoms with Crippen LogP contribution in [0.25, 0.3) is 22.3 Å². The average molecular weight is 251 g/mol.